The van der Waals surface area contributed by atoms with Gasteiger partial charge in [0.2, 0.25) is 0 Å². The third kappa shape index (κ3) is 3.91. The first-order valence-electron chi connectivity index (χ1n) is 8.25. The highest BCUT2D eigenvalue weighted by molar-refractivity contribution is 6.02. The first-order valence-corrected chi connectivity index (χ1v) is 8.25. The van der Waals surface area contributed by atoms with Gasteiger partial charge in [-0.2, -0.15) is 5.10 Å². The molecule has 0 saturated carbocycles. The molecule has 0 aliphatic carbocycles. The third-order valence-corrected chi connectivity index (χ3v) is 3.85. The van der Waals surface area contributed by atoms with Crippen LogP contribution in [0.1, 0.15) is 24.3 Å². The first kappa shape index (κ1) is 16.4. The van der Waals surface area contributed by atoms with E-state index in [0.29, 0.717) is 24.0 Å². The predicted molar refractivity (Wildman–Crippen MR) is 92.3 cm³/mol. The van der Waals surface area contributed by atoms with Gasteiger partial charge in [0.1, 0.15) is 11.5 Å². The number of nitrogens with one attached hydrogen (secondary N) is 1. The van der Waals surface area contributed by atoms with E-state index in [4.69, 9.17) is 4.74 Å². The number of ether oxygens (including phenoxy) is 1. The Morgan fingerprint density at radius 2 is 2.08 bits per heavy atom. The van der Waals surface area contributed by atoms with Crippen LogP contribution in [0.15, 0.2) is 30.6 Å². The Kier molecular flexibility index (Phi) is 5.10. The molecule has 128 valence electrons. The van der Waals surface area contributed by atoms with Crippen LogP contribution in [0.4, 0.5) is 11.5 Å². The second-order valence-corrected chi connectivity index (χ2v) is 6.25. The Labute approximate surface area is 141 Å². The van der Waals surface area contributed by atoms with Crippen LogP contribution >= 0.6 is 0 Å². The Hall–Kier alpha value is -2.41. The van der Waals surface area contributed by atoms with Crippen LogP contribution < -0.4 is 10.2 Å². The number of nitrogens with zero attached hydrogens (tertiary/aromatic N) is 4. The summed E-state index contributed by atoms with van der Waals surface area (Å²) in [7, 11) is 0. The van der Waals surface area contributed by atoms with Gasteiger partial charge in [-0.1, -0.05) is 13.8 Å². The van der Waals surface area contributed by atoms with E-state index in [-0.39, 0.29) is 5.91 Å². The number of pyridine rings is 1. The van der Waals surface area contributed by atoms with Gasteiger partial charge in [0.25, 0.3) is 5.91 Å². The highest BCUT2D eigenvalue weighted by atomic mass is 16.5. The number of rotatable bonds is 5. The van der Waals surface area contributed by atoms with Gasteiger partial charge in [-0.25, -0.2) is 4.98 Å². The van der Waals surface area contributed by atoms with Crippen molar-refractivity contribution in [3.05, 3.63) is 36.3 Å². The Balaban J connectivity index is 1.65. The van der Waals surface area contributed by atoms with Gasteiger partial charge in [-0.15, -0.1) is 0 Å². The van der Waals surface area contributed by atoms with Crippen molar-refractivity contribution in [3.8, 4) is 0 Å². The number of anilines is 2. The van der Waals surface area contributed by atoms with Crippen molar-refractivity contribution in [2.45, 2.75) is 20.4 Å². The summed E-state index contributed by atoms with van der Waals surface area (Å²) in [6.45, 7) is 8.09. The molecule has 2 aromatic rings. The summed E-state index contributed by atoms with van der Waals surface area (Å²) >= 11 is 0. The molecule has 0 radical (unpaired) electrons. The van der Waals surface area contributed by atoms with Crippen LogP contribution in [-0.4, -0.2) is 47.0 Å². The fourth-order valence-corrected chi connectivity index (χ4v) is 2.67. The van der Waals surface area contributed by atoms with Crippen LogP contribution in [0.5, 0.6) is 0 Å². The minimum absolute atomic E-state index is 0.195. The maximum absolute atomic E-state index is 12.4. The maximum atomic E-state index is 12.4. The molecule has 1 amide bonds. The highest BCUT2D eigenvalue weighted by Crippen LogP contribution is 2.17. The van der Waals surface area contributed by atoms with Gasteiger partial charge in [0, 0.05) is 25.8 Å². The molecule has 1 aliphatic heterocycles. The van der Waals surface area contributed by atoms with Crippen molar-refractivity contribution in [3.63, 3.8) is 0 Å². The Morgan fingerprint density at radius 1 is 1.29 bits per heavy atom. The van der Waals surface area contributed by atoms with Crippen LogP contribution in [-0.2, 0) is 11.3 Å². The van der Waals surface area contributed by atoms with Crippen LogP contribution in [0.3, 0.4) is 0 Å². The van der Waals surface area contributed by atoms with E-state index in [0.717, 1.165) is 32.0 Å². The number of aromatic nitrogens is 3. The molecular weight excluding hydrogens is 306 g/mol. The van der Waals surface area contributed by atoms with Gasteiger partial charge in [0.15, 0.2) is 0 Å². The van der Waals surface area contributed by atoms with Gasteiger partial charge < -0.3 is 15.0 Å². The van der Waals surface area contributed by atoms with Crippen LogP contribution in [0, 0.1) is 5.92 Å². The van der Waals surface area contributed by atoms with Gasteiger partial charge in [-0.05, 0) is 24.1 Å². The Bertz CT molecular complexity index is 675. The molecule has 24 heavy (non-hydrogen) atoms. The van der Waals surface area contributed by atoms with E-state index in [1.807, 2.05) is 12.1 Å². The summed E-state index contributed by atoms with van der Waals surface area (Å²) in [5, 5.41) is 7.05. The molecule has 0 bridgehead atoms. The van der Waals surface area contributed by atoms with E-state index in [1.165, 1.54) is 0 Å². The lowest BCUT2D eigenvalue weighted by molar-refractivity contribution is 0.101. The fourth-order valence-electron chi connectivity index (χ4n) is 2.67. The molecule has 2 aromatic heterocycles. The fraction of sp³-hybridized carbons (Fsp3) is 0.471. The second kappa shape index (κ2) is 7.44. The lowest BCUT2D eigenvalue weighted by atomic mass is 10.2. The van der Waals surface area contributed by atoms with Crippen LogP contribution in [0.2, 0.25) is 0 Å². The number of hydrogen-bond acceptors (Lipinski definition) is 5. The standard InChI is InChI=1S/C17H23N5O2/c1-13(2)12-22-15(5-6-19-22)17(23)20-16-4-3-14(11-18-16)21-7-9-24-10-8-21/h3-6,11,13H,7-10,12H2,1-2H3,(H,18,20,23). The Morgan fingerprint density at radius 3 is 2.75 bits per heavy atom. The average molecular weight is 329 g/mol. The molecule has 1 aliphatic rings. The minimum Gasteiger partial charge on any atom is -0.378 e. The monoisotopic (exact) mass is 329 g/mol. The predicted octanol–water partition coefficient (Wildman–Crippen LogP) is 2.02. The minimum atomic E-state index is -0.195. The topological polar surface area (TPSA) is 72.3 Å². The van der Waals surface area contributed by atoms with E-state index in [9.17, 15) is 4.79 Å². The first-order chi connectivity index (χ1) is 11.6. The van der Waals surface area contributed by atoms with Gasteiger partial charge >= 0.3 is 0 Å². The summed E-state index contributed by atoms with van der Waals surface area (Å²) in [4.78, 5) is 19.0. The summed E-state index contributed by atoms with van der Waals surface area (Å²) in [5.74, 6) is 0.761. The average Bonchev–Trinajstić information content (AvgIpc) is 3.04. The van der Waals surface area contributed by atoms with Crippen molar-refractivity contribution >= 4 is 17.4 Å². The summed E-state index contributed by atoms with van der Waals surface area (Å²) in [6.07, 6.45) is 3.43. The molecule has 7 heteroatoms. The van der Waals surface area contributed by atoms with E-state index in [1.54, 1.807) is 23.1 Å². The number of amides is 1. The number of carbonyl (C=O) groups is 1. The molecule has 0 aromatic carbocycles. The molecule has 0 unspecified atom stereocenters. The molecular formula is C17H23N5O2. The molecule has 1 N–H and O–H groups in total. The van der Waals surface area contributed by atoms with Gasteiger partial charge in [-0.3, -0.25) is 9.48 Å². The van der Waals surface area contributed by atoms with Crippen molar-refractivity contribution in [1.82, 2.24) is 14.8 Å². The van der Waals surface area contributed by atoms with Crippen molar-refractivity contribution < 1.29 is 9.53 Å². The van der Waals surface area contributed by atoms with E-state index < -0.39 is 0 Å². The van der Waals surface area contributed by atoms with Crippen LogP contribution in [0.25, 0.3) is 0 Å². The van der Waals surface area contributed by atoms with Gasteiger partial charge in [0.05, 0.1) is 25.1 Å². The molecule has 0 atom stereocenters. The highest BCUT2D eigenvalue weighted by Gasteiger charge is 2.15. The zero-order valence-corrected chi connectivity index (χ0v) is 14.1. The molecule has 7 nitrogen and oxygen atoms in total. The van der Waals surface area contributed by atoms with Crippen molar-refractivity contribution in [2.24, 2.45) is 5.92 Å². The summed E-state index contributed by atoms with van der Waals surface area (Å²) in [5.41, 5.74) is 1.59. The zero-order chi connectivity index (χ0) is 16.9. The third-order valence-electron chi connectivity index (χ3n) is 3.85. The number of hydrogen-bond donors (Lipinski definition) is 1. The number of morpholine rings is 1. The molecule has 1 fully saturated rings. The molecule has 0 spiro atoms. The van der Waals surface area contributed by atoms with E-state index in [2.05, 4.69) is 34.1 Å². The molecule has 3 heterocycles. The number of carbonyl (C=O) groups excluding carboxylic acids is 1. The zero-order valence-electron chi connectivity index (χ0n) is 14.1. The van der Waals surface area contributed by atoms with Crippen molar-refractivity contribution in [1.29, 1.82) is 0 Å². The lowest BCUT2D eigenvalue weighted by Crippen LogP contribution is -2.36. The molecule has 3 rings (SSSR count). The van der Waals surface area contributed by atoms with E-state index >= 15 is 0 Å². The smallest absolute Gasteiger partial charge is 0.275 e. The quantitative estimate of drug-likeness (QED) is 0.908. The SMILES string of the molecule is CC(C)Cn1nccc1C(=O)Nc1ccc(N2CCOCC2)cn1. The lowest BCUT2D eigenvalue weighted by Gasteiger charge is -2.28. The largest absolute Gasteiger partial charge is 0.378 e. The van der Waals surface area contributed by atoms with Crippen molar-refractivity contribution in [2.75, 3.05) is 36.5 Å². The molecule has 1 saturated heterocycles. The summed E-state index contributed by atoms with van der Waals surface area (Å²) in [6, 6.07) is 5.52. The normalized spacial score (nSPS) is 14.9. The summed E-state index contributed by atoms with van der Waals surface area (Å²) < 4.78 is 7.07. The second-order valence-electron chi connectivity index (χ2n) is 6.25. The maximum Gasteiger partial charge on any atom is 0.275 e.